The third-order valence-electron chi connectivity index (χ3n) is 4.79. The zero-order valence-electron chi connectivity index (χ0n) is 13.3. The molecule has 122 valence electrons. The van der Waals surface area contributed by atoms with Gasteiger partial charge in [0, 0.05) is 57.7 Å². The van der Waals surface area contributed by atoms with Crippen LogP contribution in [0.25, 0.3) is 0 Å². The molecule has 1 aromatic rings. The number of piperazine rings is 1. The maximum Gasteiger partial charge on any atom is 0.234 e. The highest BCUT2D eigenvalue weighted by atomic mass is 16.2. The summed E-state index contributed by atoms with van der Waals surface area (Å²) in [4.78, 5) is 20.9. The zero-order chi connectivity index (χ0) is 15.2. The molecule has 22 heavy (non-hydrogen) atoms. The molecule has 1 N–H and O–H groups in total. The van der Waals surface area contributed by atoms with Crippen LogP contribution in [-0.2, 0) is 11.3 Å². The average molecular weight is 305 g/mol. The molecule has 0 bridgehead atoms. The van der Waals surface area contributed by atoms with E-state index in [2.05, 4.69) is 24.7 Å². The summed E-state index contributed by atoms with van der Waals surface area (Å²) >= 11 is 0. The molecule has 2 fully saturated rings. The lowest BCUT2D eigenvalue weighted by Crippen LogP contribution is -2.50. The van der Waals surface area contributed by atoms with Gasteiger partial charge in [-0.15, -0.1) is 0 Å². The highest BCUT2D eigenvalue weighted by molar-refractivity contribution is 5.78. The van der Waals surface area contributed by atoms with Crippen LogP contribution in [0, 0.1) is 0 Å². The fourth-order valence-corrected chi connectivity index (χ4v) is 3.39. The summed E-state index contributed by atoms with van der Waals surface area (Å²) in [5.74, 6) is 0.207. The largest absolute Gasteiger partial charge is 0.352 e. The molecule has 1 amide bonds. The molecule has 2 heterocycles. The van der Waals surface area contributed by atoms with Crippen LogP contribution in [0.1, 0.15) is 25.7 Å². The molecule has 1 aromatic heterocycles. The topological polar surface area (TPSA) is 53.4 Å². The van der Waals surface area contributed by atoms with Crippen LogP contribution >= 0.6 is 0 Å². The number of amides is 1. The number of nitrogens with one attached hydrogen (secondary N) is 1. The van der Waals surface area contributed by atoms with Crippen LogP contribution in [0.2, 0.25) is 0 Å². The first kappa shape index (κ1) is 15.5. The van der Waals surface area contributed by atoms with Crippen LogP contribution in [0.5, 0.6) is 0 Å². The van der Waals surface area contributed by atoms with Crippen molar-refractivity contribution in [1.82, 2.24) is 24.7 Å². The standard InChI is InChI=1S/C16H27N5O/c22-16(18-15-3-1-2-4-15)13-20-10-7-19(8-11-20)9-12-21-6-5-17-14-21/h5-6,14-15H,1-4,7-13H2,(H,18,22). The van der Waals surface area contributed by atoms with Crippen molar-refractivity contribution in [3.05, 3.63) is 18.7 Å². The fourth-order valence-electron chi connectivity index (χ4n) is 3.39. The van der Waals surface area contributed by atoms with E-state index in [1.165, 1.54) is 12.8 Å². The van der Waals surface area contributed by atoms with Crippen molar-refractivity contribution in [2.45, 2.75) is 38.3 Å². The van der Waals surface area contributed by atoms with Crippen molar-refractivity contribution >= 4 is 5.91 Å². The van der Waals surface area contributed by atoms with E-state index in [1.54, 1.807) is 0 Å². The molecule has 0 aromatic carbocycles. The molecular weight excluding hydrogens is 278 g/mol. The Bertz CT molecular complexity index is 447. The highest BCUT2D eigenvalue weighted by Gasteiger charge is 2.21. The Kier molecular flexibility index (Phi) is 5.45. The van der Waals surface area contributed by atoms with Crippen LogP contribution in [0.3, 0.4) is 0 Å². The Balaban J connectivity index is 1.32. The van der Waals surface area contributed by atoms with Gasteiger partial charge in [0.25, 0.3) is 0 Å². The average Bonchev–Trinajstić information content (AvgIpc) is 3.20. The van der Waals surface area contributed by atoms with E-state index in [0.717, 1.165) is 52.1 Å². The summed E-state index contributed by atoms with van der Waals surface area (Å²) in [7, 11) is 0. The maximum absolute atomic E-state index is 12.1. The predicted molar refractivity (Wildman–Crippen MR) is 85.5 cm³/mol. The van der Waals surface area contributed by atoms with E-state index in [4.69, 9.17) is 0 Å². The molecular formula is C16H27N5O. The van der Waals surface area contributed by atoms with Crippen molar-refractivity contribution in [2.75, 3.05) is 39.3 Å². The number of hydrogen-bond donors (Lipinski definition) is 1. The lowest BCUT2D eigenvalue weighted by atomic mass is 10.2. The Morgan fingerprint density at radius 3 is 2.50 bits per heavy atom. The molecule has 1 saturated carbocycles. The number of hydrogen-bond acceptors (Lipinski definition) is 4. The van der Waals surface area contributed by atoms with Gasteiger partial charge in [-0.25, -0.2) is 4.98 Å². The number of rotatable bonds is 6. The predicted octanol–water partition coefficient (Wildman–Crippen LogP) is 0.560. The van der Waals surface area contributed by atoms with E-state index < -0.39 is 0 Å². The first-order chi connectivity index (χ1) is 10.8. The van der Waals surface area contributed by atoms with Gasteiger partial charge in [-0.1, -0.05) is 12.8 Å². The summed E-state index contributed by atoms with van der Waals surface area (Å²) in [5.41, 5.74) is 0. The second-order valence-electron chi connectivity index (χ2n) is 6.47. The smallest absolute Gasteiger partial charge is 0.234 e. The summed E-state index contributed by atoms with van der Waals surface area (Å²) in [6, 6.07) is 0.434. The first-order valence-electron chi connectivity index (χ1n) is 8.49. The molecule has 0 unspecified atom stereocenters. The van der Waals surface area contributed by atoms with Crippen molar-refractivity contribution in [1.29, 1.82) is 0 Å². The van der Waals surface area contributed by atoms with Gasteiger partial charge in [0.15, 0.2) is 0 Å². The minimum atomic E-state index is 0.207. The van der Waals surface area contributed by atoms with E-state index in [9.17, 15) is 4.79 Å². The van der Waals surface area contributed by atoms with Crippen LogP contribution in [0.15, 0.2) is 18.7 Å². The van der Waals surface area contributed by atoms with E-state index in [0.29, 0.717) is 12.6 Å². The highest BCUT2D eigenvalue weighted by Crippen LogP contribution is 2.17. The van der Waals surface area contributed by atoms with Gasteiger partial charge in [0.05, 0.1) is 12.9 Å². The molecule has 2 aliphatic rings. The van der Waals surface area contributed by atoms with E-state index in [1.807, 2.05) is 18.7 Å². The van der Waals surface area contributed by atoms with Crippen molar-refractivity contribution in [2.24, 2.45) is 0 Å². The van der Waals surface area contributed by atoms with Crippen molar-refractivity contribution in [3.8, 4) is 0 Å². The number of carbonyl (C=O) groups excluding carboxylic acids is 1. The van der Waals surface area contributed by atoms with E-state index >= 15 is 0 Å². The van der Waals surface area contributed by atoms with Crippen LogP contribution < -0.4 is 5.32 Å². The first-order valence-corrected chi connectivity index (χ1v) is 8.49. The lowest BCUT2D eigenvalue weighted by molar-refractivity contribution is -0.123. The van der Waals surface area contributed by atoms with Crippen LogP contribution in [-0.4, -0.2) is 70.6 Å². The van der Waals surface area contributed by atoms with Gasteiger partial charge in [0.1, 0.15) is 0 Å². The molecule has 6 nitrogen and oxygen atoms in total. The molecule has 1 saturated heterocycles. The normalized spacial score (nSPS) is 21.3. The lowest BCUT2D eigenvalue weighted by Gasteiger charge is -2.34. The number of imidazole rings is 1. The quantitative estimate of drug-likeness (QED) is 0.834. The van der Waals surface area contributed by atoms with Crippen LogP contribution in [0.4, 0.5) is 0 Å². The van der Waals surface area contributed by atoms with E-state index in [-0.39, 0.29) is 5.91 Å². The summed E-state index contributed by atoms with van der Waals surface area (Å²) in [6.45, 7) is 6.67. The maximum atomic E-state index is 12.1. The van der Waals surface area contributed by atoms with Gasteiger partial charge in [-0.3, -0.25) is 14.6 Å². The number of nitrogens with zero attached hydrogens (tertiary/aromatic N) is 4. The number of aromatic nitrogens is 2. The zero-order valence-corrected chi connectivity index (χ0v) is 13.3. The van der Waals surface area contributed by atoms with Crippen molar-refractivity contribution in [3.63, 3.8) is 0 Å². The third-order valence-corrected chi connectivity index (χ3v) is 4.79. The minimum Gasteiger partial charge on any atom is -0.352 e. The molecule has 1 aliphatic carbocycles. The SMILES string of the molecule is O=C(CN1CCN(CCn2ccnc2)CC1)NC1CCCC1. The Morgan fingerprint density at radius 1 is 1.09 bits per heavy atom. The van der Waals surface area contributed by atoms with Gasteiger partial charge in [-0.2, -0.15) is 0 Å². The Morgan fingerprint density at radius 2 is 1.82 bits per heavy atom. The molecule has 6 heteroatoms. The summed E-state index contributed by atoms with van der Waals surface area (Å²) in [6.07, 6.45) is 10.5. The van der Waals surface area contributed by atoms with Crippen molar-refractivity contribution < 1.29 is 4.79 Å². The van der Waals surface area contributed by atoms with Gasteiger partial charge < -0.3 is 9.88 Å². The van der Waals surface area contributed by atoms with Gasteiger partial charge in [-0.05, 0) is 12.8 Å². The van der Waals surface area contributed by atoms with Gasteiger partial charge >= 0.3 is 0 Å². The minimum absolute atomic E-state index is 0.207. The summed E-state index contributed by atoms with van der Waals surface area (Å²) in [5, 5.41) is 3.18. The van der Waals surface area contributed by atoms with Gasteiger partial charge in [0.2, 0.25) is 5.91 Å². The second kappa shape index (κ2) is 7.74. The third kappa shape index (κ3) is 4.55. The number of carbonyl (C=O) groups is 1. The second-order valence-corrected chi connectivity index (χ2v) is 6.47. The molecule has 1 aliphatic heterocycles. The Hall–Kier alpha value is -1.40. The fraction of sp³-hybridized carbons (Fsp3) is 0.750. The monoisotopic (exact) mass is 305 g/mol. The molecule has 0 radical (unpaired) electrons. The Labute approximate surface area is 132 Å². The molecule has 3 rings (SSSR count). The summed E-state index contributed by atoms with van der Waals surface area (Å²) < 4.78 is 2.11. The molecule has 0 atom stereocenters. The molecule has 0 spiro atoms.